The molecule has 1 aliphatic carbocycles. The number of carbonyl (C=O) groups is 3. The van der Waals surface area contributed by atoms with E-state index in [0.717, 1.165) is 50.3 Å². The van der Waals surface area contributed by atoms with Gasteiger partial charge in [-0.05, 0) is 44.1 Å². The molecule has 5 N–H and O–H groups in total. The SMILES string of the molecule is CN1CCCN(CC(NCN([O-])CN2CCCC2C(=O)NC(CC2CCC2)C(=O)C(N)=O)C(C)(C)C)C1O. The highest BCUT2D eigenvalue weighted by Crippen LogP contribution is 2.31. The fourth-order valence-electron chi connectivity index (χ4n) is 5.59. The topological polar surface area (TPSA) is 158 Å². The Morgan fingerprint density at radius 1 is 1.08 bits per heavy atom. The maximum atomic E-state index is 13.1. The molecule has 0 aromatic heterocycles. The van der Waals surface area contributed by atoms with E-state index in [4.69, 9.17) is 5.73 Å². The second kappa shape index (κ2) is 13.6. The number of Topliss-reactive ketones (excluding diaryl/α,β-unsaturated/α-hetero) is 1. The van der Waals surface area contributed by atoms with Crippen LogP contribution in [0, 0.1) is 16.5 Å². The van der Waals surface area contributed by atoms with Gasteiger partial charge in [0.25, 0.3) is 5.91 Å². The summed E-state index contributed by atoms with van der Waals surface area (Å²) in [6.45, 7) is 9.30. The first kappa shape index (κ1) is 30.9. The maximum Gasteiger partial charge on any atom is 0.287 e. The molecule has 218 valence electrons. The summed E-state index contributed by atoms with van der Waals surface area (Å²) in [5, 5.41) is 30.5. The summed E-state index contributed by atoms with van der Waals surface area (Å²) in [6, 6.07) is -1.48. The molecule has 38 heavy (non-hydrogen) atoms. The molecule has 12 nitrogen and oxygen atoms in total. The molecule has 3 aliphatic rings. The van der Waals surface area contributed by atoms with Gasteiger partial charge >= 0.3 is 0 Å². The Kier molecular flexibility index (Phi) is 11.0. The average Bonchev–Trinajstić information content (AvgIpc) is 3.27. The zero-order valence-electron chi connectivity index (χ0n) is 23.5. The molecule has 2 aliphatic heterocycles. The molecule has 4 atom stereocenters. The second-order valence-corrected chi connectivity index (χ2v) is 12.4. The Balaban J connectivity index is 1.53. The van der Waals surface area contributed by atoms with Gasteiger partial charge in [-0.3, -0.25) is 29.1 Å². The predicted octanol–water partition coefficient (Wildman–Crippen LogP) is -0.187. The summed E-state index contributed by atoms with van der Waals surface area (Å²) < 4.78 is 0. The molecule has 0 spiro atoms. The van der Waals surface area contributed by atoms with Crippen LogP contribution in [0.25, 0.3) is 0 Å². The fraction of sp³-hybridized carbons (Fsp3) is 0.885. The van der Waals surface area contributed by atoms with Gasteiger partial charge in [-0.15, -0.1) is 0 Å². The van der Waals surface area contributed by atoms with Crippen LogP contribution in [-0.2, 0) is 14.4 Å². The van der Waals surface area contributed by atoms with Crippen molar-refractivity contribution in [2.24, 2.45) is 17.1 Å². The first-order valence-electron chi connectivity index (χ1n) is 14.0. The van der Waals surface area contributed by atoms with E-state index in [1.54, 1.807) is 0 Å². The Bertz CT molecular complexity index is 818. The van der Waals surface area contributed by atoms with Crippen LogP contribution >= 0.6 is 0 Å². The van der Waals surface area contributed by atoms with Crippen LogP contribution in [0.5, 0.6) is 0 Å². The number of aliphatic hydroxyl groups excluding tert-OH is 1. The van der Waals surface area contributed by atoms with Gasteiger partial charge in [0.2, 0.25) is 11.7 Å². The molecule has 2 saturated heterocycles. The number of carbonyl (C=O) groups excluding carboxylic acids is 3. The highest BCUT2D eigenvalue weighted by atomic mass is 16.5. The van der Waals surface area contributed by atoms with Gasteiger partial charge in [-0.2, -0.15) is 0 Å². The van der Waals surface area contributed by atoms with Crippen molar-refractivity contribution in [3.63, 3.8) is 0 Å². The molecular weight excluding hydrogens is 490 g/mol. The maximum absolute atomic E-state index is 13.1. The van der Waals surface area contributed by atoms with Crippen LogP contribution in [0.15, 0.2) is 0 Å². The van der Waals surface area contributed by atoms with Gasteiger partial charge in [0.05, 0.1) is 12.1 Å². The van der Waals surface area contributed by atoms with Crippen molar-refractivity contribution in [1.82, 2.24) is 30.4 Å². The first-order valence-corrected chi connectivity index (χ1v) is 14.0. The molecular formula is C26H48N7O5-. The number of rotatable bonds is 13. The van der Waals surface area contributed by atoms with Crippen molar-refractivity contribution in [2.75, 3.05) is 46.6 Å². The number of amides is 2. The third-order valence-electron chi connectivity index (χ3n) is 8.33. The molecule has 0 aromatic rings. The van der Waals surface area contributed by atoms with Gasteiger partial charge in [0.1, 0.15) is 0 Å². The first-order chi connectivity index (χ1) is 17.9. The highest BCUT2D eigenvalue weighted by Gasteiger charge is 2.36. The van der Waals surface area contributed by atoms with Crippen molar-refractivity contribution in [2.45, 2.75) is 90.2 Å². The molecule has 0 aromatic carbocycles. The minimum atomic E-state index is -1.04. The predicted molar refractivity (Wildman–Crippen MR) is 144 cm³/mol. The largest absolute Gasteiger partial charge is 0.783 e. The van der Waals surface area contributed by atoms with Crippen molar-refractivity contribution >= 4 is 17.6 Å². The van der Waals surface area contributed by atoms with E-state index in [9.17, 15) is 24.7 Å². The smallest absolute Gasteiger partial charge is 0.287 e. The quantitative estimate of drug-likeness (QED) is 0.141. The summed E-state index contributed by atoms with van der Waals surface area (Å²) >= 11 is 0. The monoisotopic (exact) mass is 538 g/mol. The summed E-state index contributed by atoms with van der Waals surface area (Å²) in [7, 11) is 1.90. The lowest BCUT2D eigenvalue weighted by atomic mass is 9.80. The molecule has 2 amide bonds. The average molecular weight is 539 g/mol. The third kappa shape index (κ3) is 8.41. The molecule has 0 radical (unpaired) electrons. The Hall–Kier alpha value is -1.67. The molecule has 12 heteroatoms. The summed E-state index contributed by atoms with van der Waals surface area (Å²) in [6.07, 6.45) is 5.16. The highest BCUT2D eigenvalue weighted by molar-refractivity contribution is 6.37. The lowest BCUT2D eigenvalue weighted by molar-refractivity contribution is -0.139. The number of hydroxylamine groups is 2. The molecule has 3 rings (SSSR count). The van der Waals surface area contributed by atoms with E-state index in [-0.39, 0.29) is 30.7 Å². The number of primary amides is 1. The van der Waals surface area contributed by atoms with Crippen molar-refractivity contribution in [1.29, 1.82) is 0 Å². The van der Waals surface area contributed by atoms with Crippen LogP contribution in [0.2, 0.25) is 0 Å². The Labute approximate surface area is 226 Å². The van der Waals surface area contributed by atoms with E-state index in [0.29, 0.717) is 31.8 Å². The summed E-state index contributed by atoms with van der Waals surface area (Å²) in [4.78, 5) is 42.8. The van der Waals surface area contributed by atoms with Crippen LogP contribution in [0.1, 0.15) is 65.7 Å². The number of nitrogens with zero attached hydrogens (tertiary/aromatic N) is 4. The molecule has 0 bridgehead atoms. The minimum absolute atomic E-state index is 0.0372. The minimum Gasteiger partial charge on any atom is -0.783 e. The number of nitrogens with two attached hydrogens (primary N) is 1. The normalized spacial score (nSPS) is 25.8. The number of likely N-dealkylation sites (tertiary alicyclic amines) is 1. The summed E-state index contributed by atoms with van der Waals surface area (Å²) in [5.41, 5.74) is 5.09. The number of aliphatic hydroxyl groups is 1. The Morgan fingerprint density at radius 2 is 1.76 bits per heavy atom. The summed E-state index contributed by atoms with van der Waals surface area (Å²) in [5.74, 6) is -1.82. The van der Waals surface area contributed by atoms with E-state index < -0.39 is 30.1 Å². The van der Waals surface area contributed by atoms with Gasteiger partial charge in [0.15, 0.2) is 6.35 Å². The molecule has 1 saturated carbocycles. The molecule has 3 fully saturated rings. The van der Waals surface area contributed by atoms with E-state index in [2.05, 4.69) is 31.4 Å². The number of nitrogens with one attached hydrogen (secondary N) is 2. The van der Waals surface area contributed by atoms with Gasteiger partial charge < -0.3 is 31.7 Å². The zero-order valence-corrected chi connectivity index (χ0v) is 23.5. The molecule has 4 unspecified atom stereocenters. The van der Waals surface area contributed by atoms with Gasteiger partial charge in [0, 0.05) is 45.6 Å². The van der Waals surface area contributed by atoms with Crippen molar-refractivity contribution < 1.29 is 19.5 Å². The lowest BCUT2D eigenvalue weighted by Crippen LogP contribution is -2.59. The number of hydrogen-bond donors (Lipinski definition) is 4. The van der Waals surface area contributed by atoms with Crippen LogP contribution in [-0.4, -0.2) is 114 Å². The van der Waals surface area contributed by atoms with Crippen LogP contribution in [0.3, 0.4) is 0 Å². The van der Waals surface area contributed by atoms with E-state index in [1.165, 1.54) is 0 Å². The molecule has 2 heterocycles. The third-order valence-corrected chi connectivity index (χ3v) is 8.33. The van der Waals surface area contributed by atoms with Crippen LogP contribution in [0.4, 0.5) is 0 Å². The number of ketones is 1. The second-order valence-electron chi connectivity index (χ2n) is 12.4. The van der Waals surface area contributed by atoms with Gasteiger partial charge in [-0.1, -0.05) is 40.0 Å². The number of hydrogen-bond acceptors (Lipinski definition) is 10. The Morgan fingerprint density at radius 3 is 2.37 bits per heavy atom. The lowest BCUT2D eigenvalue weighted by Gasteiger charge is -2.44. The van der Waals surface area contributed by atoms with E-state index >= 15 is 0 Å². The van der Waals surface area contributed by atoms with E-state index in [1.807, 2.05) is 21.7 Å². The van der Waals surface area contributed by atoms with Gasteiger partial charge in [-0.25, -0.2) is 0 Å². The zero-order chi connectivity index (χ0) is 28.0. The van der Waals surface area contributed by atoms with Crippen molar-refractivity contribution in [3.8, 4) is 0 Å². The fourth-order valence-corrected chi connectivity index (χ4v) is 5.59. The standard InChI is InChI=1S/C26H48N7O5/c1-26(2,3)21(15-31-13-7-11-30(4)25(31)37)28-16-33(38)17-32-12-6-10-20(32)24(36)29-19(22(34)23(27)35)14-18-8-5-9-18/h18-21,25,28,37H,5-17H2,1-4H3,(H2,27,35)(H,29,36)/q-1. The van der Waals surface area contributed by atoms with Crippen LogP contribution < -0.4 is 16.4 Å². The van der Waals surface area contributed by atoms with Crippen molar-refractivity contribution in [3.05, 3.63) is 5.21 Å².